The first-order chi connectivity index (χ1) is 7.74. The van der Waals surface area contributed by atoms with E-state index in [0.717, 1.165) is 23.1 Å². The maximum Gasteiger partial charge on any atom is 0.224 e. The first-order valence-corrected chi connectivity index (χ1v) is 5.36. The van der Waals surface area contributed by atoms with Gasteiger partial charge in [0, 0.05) is 6.54 Å². The molecule has 1 aliphatic heterocycles. The van der Waals surface area contributed by atoms with Gasteiger partial charge in [-0.2, -0.15) is 0 Å². The van der Waals surface area contributed by atoms with Gasteiger partial charge >= 0.3 is 0 Å². The number of benzene rings is 1. The van der Waals surface area contributed by atoms with Gasteiger partial charge in [0.1, 0.15) is 0 Å². The fraction of sp³-hybridized carbons (Fsp3) is 0.417. The Hall–Kier alpha value is -1.39. The fourth-order valence-corrected chi connectivity index (χ4v) is 2.06. The van der Waals surface area contributed by atoms with E-state index in [1.807, 2.05) is 12.1 Å². The lowest BCUT2D eigenvalue weighted by atomic mass is 9.96. The summed E-state index contributed by atoms with van der Waals surface area (Å²) in [6.45, 7) is 0.449. The smallest absolute Gasteiger partial charge is 0.224 e. The van der Waals surface area contributed by atoms with Crippen molar-refractivity contribution in [3.63, 3.8) is 0 Å². The first kappa shape index (κ1) is 11.1. The van der Waals surface area contributed by atoms with Crippen LogP contribution in [-0.4, -0.2) is 22.7 Å². The number of amides is 1. The number of hydrogen-bond donors (Lipinski definition) is 3. The summed E-state index contributed by atoms with van der Waals surface area (Å²) in [7, 11) is 0. The average molecular weight is 221 g/mol. The molecule has 0 fully saturated rings. The Morgan fingerprint density at radius 1 is 1.12 bits per heavy atom. The lowest BCUT2D eigenvalue weighted by Gasteiger charge is -2.11. The Bertz CT molecular complexity index is 415. The highest BCUT2D eigenvalue weighted by Gasteiger charge is 2.15. The zero-order valence-corrected chi connectivity index (χ0v) is 8.99. The van der Waals surface area contributed by atoms with Crippen LogP contribution in [0.25, 0.3) is 0 Å². The molecular formula is C12H15NO3. The van der Waals surface area contributed by atoms with Crippen LogP contribution in [0.1, 0.15) is 22.3 Å². The van der Waals surface area contributed by atoms with Crippen molar-refractivity contribution in [2.45, 2.75) is 26.1 Å². The van der Waals surface area contributed by atoms with Gasteiger partial charge < -0.3 is 15.5 Å². The molecule has 0 aromatic heterocycles. The summed E-state index contributed by atoms with van der Waals surface area (Å²) in [5, 5.41) is 21.2. The van der Waals surface area contributed by atoms with Crippen molar-refractivity contribution >= 4 is 5.91 Å². The van der Waals surface area contributed by atoms with Crippen LogP contribution in [0.4, 0.5) is 0 Å². The summed E-state index contributed by atoms with van der Waals surface area (Å²) in [6, 6.07) is 3.72. The SMILES string of the molecule is O=C1Cc2cc(CO)c(CO)cc2CCN1. The van der Waals surface area contributed by atoms with Crippen molar-refractivity contribution in [1.82, 2.24) is 5.32 Å². The molecule has 0 saturated carbocycles. The predicted octanol–water partition coefficient (Wildman–Crippen LogP) is -0.114. The van der Waals surface area contributed by atoms with Gasteiger partial charge in [-0.05, 0) is 28.7 Å². The number of nitrogens with one attached hydrogen (secondary N) is 1. The van der Waals surface area contributed by atoms with E-state index in [0.29, 0.717) is 18.5 Å². The minimum absolute atomic E-state index is 0.0133. The standard InChI is InChI=1S/C12H15NO3/c14-6-10-3-8-1-2-13-12(16)5-9(8)4-11(10)7-15/h3-4,14-15H,1-2,5-7H2,(H,13,16). The molecule has 0 aliphatic carbocycles. The molecule has 0 radical (unpaired) electrons. The lowest BCUT2D eigenvalue weighted by Crippen LogP contribution is -2.24. The van der Waals surface area contributed by atoms with Gasteiger partial charge in [-0.25, -0.2) is 0 Å². The van der Waals surface area contributed by atoms with E-state index in [1.165, 1.54) is 0 Å². The molecule has 0 spiro atoms. The molecule has 86 valence electrons. The molecule has 4 heteroatoms. The van der Waals surface area contributed by atoms with E-state index in [-0.39, 0.29) is 19.1 Å². The molecular weight excluding hydrogens is 206 g/mol. The molecule has 1 aromatic rings. The maximum atomic E-state index is 11.4. The van der Waals surface area contributed by atoms with Crippen LogP contribution >= 0.6 is 0 Å². The topological polar surface area (TPSA) is 69.6 Å². The highest BCUT2D eigenvalue weighted by Crippen LogP contribution is 2.20. The van der Waals surface area contributed by atoms with Crippen molar-refractivity contribution in [3.05, 3.63) is 34.4 Å². The number of carbonyl (C=O) groups is 1. The van der Waals surface area contributed by atoms with Gasteiger partial charge in [0.15, 0.2) is 0 Å². The minimum Gasteiger partial charge on any atom is -0.392 e. The zero-order valence-electron chi connectivity index (χ0n) is 8.99. The van der Waals surface area contributed by atoms with Gasteiger partial charge in [-0.1, -0.05) is 12.1 Å². The van der Waals surface area contributed by atoms with Crippen LogP contribution in [0.3, 0.4) is 0 Å². The van der Waals surface area contributed by atoms with E-state index in [4.69, 9.17) is 0 Å². The highest BCUT2D eigenvalue weighted by molar-refractivity contribution is 5.79. The van der Waals surface area contributed by atoms with Gasteiger partial charge in [-0.3, -0.25) is 4.79 Å². The molecule has 16 heavy (non-hydrogen) atoms. The Balaban J connectivity index is 2.44. The number of hydrogen-bond acceptors (Lipinski definition) is 3. The van der Waals surface area contributed by atoms with E-state index in [9.17, 15) is 15.0 Å². The maximum absolute atomic E-state index is 11.4. The minimum atomic E-state index is -0.106. The Kier molecular flexibility index (Phi) is 3.22. The number of rotatable bonds is 2. The van der Waals surface area contributed by atoms with Crippen molar-refractivity contribution in [2.24, 2.45) is 0 Å². The largest absolute Gasteiger partial charge is 0.392 e. The molecule has 1 heterocycles. The molecule has 4 nitrogen and oxygen atoms in total. The van der Waals surface area contributed by atoms with Crippen LogP contribution in [-0.2, 0) is 30.8 Å². The third-order valence-corrected chi connectivity index (χ3v) is 2.93. The molecule has 0 atom stereocenters. The Labute approximate surface area is 93.9 Å². The second-order valence-corrected chi connectivity index (χ2v) is 3.98. The number of carbonyl (C=O) groups excluding carboxylic acids is 1. The molecule has 2 rings (SSSR count). The van der Waals surface area contributed by atoms with E-state index < -0.39 is 0 Å². The Morgan fingerprint density at radius 3 is 2.38 bits per heavy atom. The van der Waals surface area contributed by atoms with Crippen molar-refractivity contribution in [3.8, 4) is 0 Å². The summed E-state index contributed by atoms with van der Waals surface area (Å²) in [5.74, 6) is 0.0133. The second kappa shape index (κ2) is 4.63. The second-order valence-electron chi connectivity index (χ2n) is 3.98. The van der Waals surface area contributed by atoms with Gasteiger partial charge in [0.05, 0.1) is 19.6 Å². The van der Waals surface area contributed by atoms with E-state index in [1.54, 1.807) is 0 Å². The first-order valence-electron chi connectivity index (χ1n) is 5.36. The summed E-state index contributed by atoms with van der Waals surface area (Å²) >= 11 is 0. The number of fused-ring (bicyclic) bond motifs is 1. The van der Waals surface area contributed by atoms with Crippen LogP contribution < -0.4 is 5.32 Å². The zero-order chi connectivity index (χ0) is 11.5. The van der Waals surface area contributed by atoms with Gasteiger partial charge in [0.2, 0.25) is 5.91 Å². The summed E-state index contributed by atoms with van der Waals surface area (Å²) in [5.41, 5.74) is 3.49. The van der Waals surface area contributed by atoms with Crippen molar-refractivity contribution < 1.29 is 15.0 Å². The van der Waals surface area contributed by atoms with Gasteiger partial charge in [-0.15, -0.1) is 0 Å². The number of aliphatic hydroxyl groups excluding tert-OH is 2. The highest BCUT2D eigenvalue weighted by atomic mass is 16.3. The van der Waals surface area contributed by atoms with Crippen molar-refractivity contribution in [1.29, 1.82) is 0 Å². The van der Waals surface area contributed by atoms with E-state index >= 15 is 0 Å². The summed E-state index contributed by atoms with van der Waals surface area (Å²) < 4.78 is 0. The van der Waals surface area contributed by atoms with Crippen LogP contribution in [0.5, 0.6) is 0 Å². The normalized spacial score (nSPS) is 15.2. The predicted molar refractivity (Wildman–Crippen MR) is 58.7 cm³/mol. The summed E-state index contributed by atoms with van der Waals surface area (Å²) in [6.07, 6.45) is 1.13. The molecule has 0 bridgehead atoms. The molecule has 0 saturated heterocycles. The monoisotopic (exact) mass is 221 g/mol. The molecule has 3 N–H and O–H groups in total. The van der Waals surface area contributed by atoms with Crippen molar-refractivity contribution in [2.75, 3.05) is 6.54 Å². The quantitative estimate of drug-likeness (QED) is 0.652. The average Bonchev–Trinajstić information content (AvgIpc) is 2.47. The van der Waals surface area contributed by atoms with Crippen LogP contribution in [0.15, 0.2) is 12.1 Å². The third-order valence-electron chi connectivity index (χ3n) is 2.93. The lowest BCUT2D eigenvalue weighted by molar-refractivity contribution is -0.120. The fourth-order valence-electron chi connectivity index (χ4n) is 2.06. The molecule has 1 aliphatic rings. The molecule has 1 amide bonds. The van der Waals surface area contributed by atoms with E-state index in [2.05, 4.69) is 5.32 Å². The van der Waals surface area contributed by atoms with Gasteiger partial charge in [0.25, 0.3) is 0 Å². The van der Waals surface area contributed by atoms with Crippen LogP contribution in [0, 0.1) is 0 Å². The Morgan fingerprint density at radius 2 is 1.75 bits per heavy atom. The van der Waals surface area contributed by atoms with Crippen LogP contribution in [0.2, 0.25) is 0 Å². The number of aliphatic hydroxyl groups is 2. The third kappa shape index (κ3) is 2.08. The summed E-state index contributed by atoms with van der Waals surface area (Å²) in [4.78, 5) is 11.4. The molecule has 1 aromatic carbocycles. The molecule has 0 unspecified atom stereocenters.